The maximum Gasteiger partial charge on any atom is 0.276 e. The van der Waals surface area contributed by atoms with E-state index in [2.05, 4.69) is 43.1 Å². The van der Waals surface area contributed by atoms with Crippen molar-refractivity contribution in [1.29, 1.82) is 0 Å². The van der Waals surface area contributed by atoms with E-state index in [1.54, 1.807) is 4.90 Å². The molecule has 3 rings (SSSR count). The molecule has 0 atom stereocenters. The Bertz CT molecular complexity index is 760. The smallest absolute Gasteiger partial charge is 0.276 e. The summed E-state index contributed by atoms with van der Waals surface area (Å²) in [5.41, 5.74) is 2.60. The summed E-state index contributed by atoms with van der Waals surface area (Å²) in [5.74, 6) is 2.76. The number of benzene rings is 1. The highest BCUT2D eigenvalue weighted by Crippen LogP contribution is 2.24. The average molecular weight is 375 g/mol. The Hall–Kier alpha value is -2.02. The molecule has 0 unspecified atom stereocenters. The summed E-state index contributed by atoms with van der Waals surface area (Å²) in [6, 6.07) is 6.23. The summed E-state index contributed by atoms with van der Waals surface area (Å²) in [4.78, 5) is 13.4. The van der Waals surface area contributed by atoms with E-state index in [0.717, 1.165) is 24.5 Å². The van der Waals surface area contributed by atoms with Crippen LogP contribution in [-0.4, -0.2) is 39.9 Å². The first-order chi connectivity index (χ1) is 12.5. The molecule has 1 saturated heterocycles. The van der Waals surface area contributed by atoms with Gasteiger partial charge in [-0.3, -0.25) is 4.79 Å². The van der Waals surface area contributed by atoms with Crippen molar-refractivity contribution in [3.63, 3.8) is 0 Å². The fourth-order valence-corrected chi connectivity index (χ4v) is 3.66. The minimum Gasteiger partial charge on any atom is -0.493 e. The van der Waals surface area contributed by atoms with Crippen LogP contribution in [0.25, 0.3) is 0 Å². The number of thioether (sulfide) groups is 1. The molecule has 1 fully saturated rings. The summed E-state index contributed by atoms with van der Waals surface area (Å²) >= 11 is 1.46. The standard InChI is InChI=1S/C19H25N3O3S/c1-13(2)16-7-6-15(11-14(16)3)24-9-10-26-19-21-20-17(25-19)12-22-8-4-5-18(22)23/h6-7,11,13H,4-5,8-10,12H2,1-3H3. The van der Waals surface area contributed by atoms with E-state index in [4.69, 9.17) is 9.15 Å². The maximum absolute atomic E-state index is 11.6. The predicted molar refractivity (Wildman–Crippen MR) is 100 cm³/mol. The summed E-state index contributed by atoms with van der Waals surface area (Å²) in [6.07, 6.45) is 1.52. The normalized spacial score (nSPS) is 14.5. The lowest BCUT2D eigenvalue weighted by atomic mass is 9.98. The highest BCUT2D eigenvalue weighted by molar-refractivity contribution is 7.99. The molecule has 1 aliphatic rings. The van der Waals surface area contributed by atoms with E-state index in [1.807, 2.05) is 6.07 Å². The van der Waals surface area contributed by atoms with Gasteiger partial charge in [0.25, 0.3) is 5.22 Å². The quantitative estimate of drug-likeness (QED) is 0.516. The largest absolute Gasteiger partial charge is 0.493 e. The number of rotatable bonds is 8. The third kappa shape index (κ3) is 4.78. The molecular weight excluding hydrogens is 350 g/mol. The lowest BCUT2D eigenvalue weighted by molar-refractivity contribution is -0.128. The third-order valence-corrected chi connectivity index (χ3v) is 5.17. The van der Waals surface area contributed by atoms with E-state index in [9.17, 15) is 4.79 Å². The number of hydrogen-bond donors (Lipinski definition) is 0. The van der Waals surface area contributed by atoms with Crippen LogP contribution in [0.15, 0.2) is 27.8 Å². The minimum absolute atomic E-state index is 0.157. The molecule has 0 bridgehead atoms. The van der Waals surface area contributed by atoms with Crippen LogP contribution in [0.2, 0.25) is 0 Å². The number of hydrogen-bond acceptors (Lipinski definition) is 6. The average Bonchev–Trinajstić information content (AvgIpc) is 3.21. The van der Waals surface area contributed by atoms with E-state index in [-0.39, 0.29) is 5.91 Å². The zero-order chi connectivity index (χ0) is 18.5. The fraction of sp³-hybridized carbons (Fsp3) is 0.526. The molecule has 1 aromatic carbocycles. The van der Waals surface area contributed by atoms with E-state index < -0.39 is 0 Å². The van der Waals surface area contributed by atoms with Gasteiger partial charge in [-0.05, 0) is 42.5 Å². The molecule has 0 saturated carbocycles. The molecule has 6 nitrogen and oxygen atoms in total. The van der Waals surface area contributed by atoms with E-state index in [0.29, 0.717) is 36.6 Å². The second-order valence-corrected chi connectivity index (χ2v) is 7.80. The topological polar surface area (TPSA) is 68.5 Å². The summed E-state index contributed by atoms with van der Waals surface area (Å²) in [7, 11) is 0. The molecule has 2 heterocycles. The van der Waals surface area contributed by atoms with E-state index >= 15 is 0 Å². The van der Waals surface area contributed by atoms with Gasteiger partial charge in [0.1, 0.15) is 5.75 Å². The van der Waals surface area contributed by atoms with Crippen LogP contribution in [0.4, 0.5) is 0 Å². The first kappa shape index (κ1) is 18.8. The fourth-order valence-electron chi connectivity index (χ4n) is 3.07. The molecule has 1 aromatic heterocycles. The van der Waals surface area contributed by atoms with Crippen LogP contribution < -0.4 is 4.74 Å². The zero-order valence-electron chi connectivity index (χ0n) is 15.5. The van der Waals surface area contributed by atoms with Gasteiger partial charge in [-0.15, -0.1) is 10.2 Å². The van der Waals surface area contributed by atoms with Gasteiger partial charge < -0.3 is 14.1 Å². The number of likely N-dealkylation sites (tertiary alicyclic amines) is 1. The van der Waals surface area contributed by atoms with Crippen molar-refractivity contribution < 1.29 is 13.9 Å². The lowest BCUT2D eigenvalue weighted by Crippen LogP contribution is -2.23. The minimum atomic E-state index is 0.157. The molecule has 0 aliphatic carbocycles. The summed E-state index contributed by atoms with van der Waals surface area (Å²) in [5, 5.41) is 8.56. The molecule has 0 N–H and O–H groups in total. The molecular formula is C19H25N3O3S. The first-order valence-electron chi connectivity index (χ1n) is 8.99. The van der Waals surface area contributed by atoms with Gasteiger partial charge in [0.05, 0.1) is 13.2 Å². The summed E-state index contributed by atoms with van der Waals surface area (Å²) < 4.78 is 11.4. The molecule has 1 aliphatic heterocycles. The number of nitrogens with zero attached hydrogens (tertiary/aromatic N) is 3. The number of ether oxygens (including phenoxy) is 1. The SMILES string of the molecule is Cc1cc(OCCSc2nnc(CN3CCCC3=O)o2)ccc1C(C)C. The van der Waals surface area contributed by atoms with Crippen LogP contribution in [0, 0.1) is 6.92 Å². The van der Waals surface area contributed by atoms with Crippen molar-refractivity contribution in [1.82, 2.24) is 15.1 Å². The van der Waals surface area contributed by atoms with Crippen molar-refractivity contribution in [3.05, 3.63) is 35.2 Å². The zero-order valence-corrected chi connectivity index (χ0v) is 16.3. The maximum atomic E-state index is 11.6. The number of carbonyl (C=O) groups is 1. The Morgan fingerprint density at radius 3 is 2.88 bits per heavy atom. The van der Waals surface area contributed by atoms with Gasteiger partial charge in [-0.1, -0.05) is 31.7 Å². The van der Waals surface area contributed by atoms with Crippen molar-refractivity contribution in [2.24, 2.45) is 0 Å². The number of aryl methyl sites for hydroxylation is 1. The number of amides is 1. The molecule has 140 valence electrons. The molecule has 0 radical (unpaired) electrons. The summed E-state index contributed by atoms with van der Waals surface area (Å²) in [6.45, 7) is 8.24. The van der Waals surface area contributed by atoms with Crippen LogP contribution in [0.3, 0.4) is 0 Å². The first-order valence-corrected chi connectivity index (χ1v) is 9.98. The highest BCUT2D eigenvalue weighted by atomic mass is 32.2. The monoisotopic (exact) mass is 375 g/mol. The van der Waals surface area contributed by atoms with Crippen molar-refractivity contribution in [3.8, 4) is 5.75 Å². The predicted octanol–water partition coefficient (Wildman–Crippen LogP) is 3.79. The molecule has 0 spiro atoms. The molecule has 26 heavy (non-hydrogen) atoms. The van der Waals surface area contributed by atoms with Crippen LogP contribution in [0.1, 0.15) is 49.6 Å². The Kier molecular flexibility index (Phi) is 6.19. The highest BCUT2D eigenvalue weighted by Gasteiger charge is 2.22. The Morgan fingerprint density at radius 2 is 2.19 bits per heavy atom. The Morgan fingerprint density at radius 1 is 1.35 bits per heavy atom. The van der Waals surface area contributed by atoms with Crippen molar-refractivity contribution in [2.75, 3.05) is 18.9 Å². The van der Waals surface area contributed by atoms with Gasteiger partial charge >= 0.3 is 0 Å². The van der Waals surface area contributed by atoms with Gasteiger partial charge in [-0.2, -0.15) is 0 Å². The number of carbonyl (C=O) groups excluding carboxylic acids is 1. The number of aromatic nitrogens is 2. The Labute approximate surface area is 158 Å². The Balaban J connectivity index is 1.42. The second kappa shape index (κ2) is 8.58. The van der Waals surface area contributed by atoms with Gasteiger partial charge in [0.15, 0.2) is 0 Å². The van der Waals surface area contributed by atoms with Crippen molar-refractivity contribution >= 4 is 17.7 Å². The van der Waals surface area contributed by atoms with Crippen LogP contribution in [-0.2, 0) is 11.3 Å². The van der Waals surface area contributed by atoms with Gasteiger partial charge in [0, 0.05) is 18.7 Å². The second-order valence-electron chi connectivity index (χ2n) is 6.75. The molecule has 2 aromatic rings. The lowest BCUT2D eigenvalue weighted by Gasteiger charge is -2.12. The van der Waals surface area contributed by atoms with E-state index in [1.165, 1.54) is 22.9 Å². The molecule has 7 heteroatoms. The van der Waals surface area contributed by atoms with Crippen LogP contribution >= 0.6 is 11.8 Å². The van der Waals surface area contributed by atoms with Gasteiger partial charge in [0.2, 0.25) is 11.8 Å². The van der Waals surface area contributed by atoms with Gasteiger partial charge in [-0.25, -0.2) is 0 Å². The van der Waals surface area contributed by atoms with Crippen molar-refractivity contribution in [2.45, 2.75) is 51.3 Å². The third-order valence-electron chi connectivity index (χ3n) is 4.39. The molecule has 1 amide bonds. The van der Waals surface area contributed by atoms with Crippen LogP contribution in [0.5, 0.6) is 5.75 Å².